The van der Waals surface area contributed by atoms with E-state index in [1.54, 1.807) is 24.3 Å². The highest BCUT2D eigenvalue weighted by atomic mass is 16.7. The summed E-state index contributed by atoms with van der Waals surface area (Å²) in [6.07, 6.45) is 1.03. The van der Waals surface area contributed by atoms with E-state index in [1.807, 2.05) is 0 Å². The molecule has 0 saturated carbocycles. The summed E-state index contributed by atoms with van der Waals surface area (Å²) in [6.45, 7) is 1.63. The van der Waals surface area contributed by atoms with E-state index in [2.05, 4.69) is 5.32 Å². The predicted octanol–water partition coefficient (Wildman–Crippen LogP) is 1.29. The van der Waals surface area contributed by atoms with Gasteiger partial charge in [-0.05, 0) is 25.0 Å². The number of carbonyl (C=O) groups excluding carboxylic acids is 3. The van der Waals surface area contributed by atoms with Gasteiger partial charge < -0.3 is 14.9 Å². The smallest absolute Gasteiger partial charge is 0.336 e. The van der Waals surface area contributed by atoms with Gasteiger partial charge in [-0.25, -0.2) is 4.79 Å². The van der Waals surface area contributed by atoms with E-state index >= 15 is 0 Å². The highest BCUT2D eigenvalue weighted by Gasteiger charge is 2.43. The van der Waals surface area contributed by atoms with Gasteiger partial charge in [-0.3, -0.25) is 9.59 Å². The van der Waals surface area contributed by atoms with Crippen molar-refractivity contribution in [1.82, 2.24) is 5.06 Å². The van der Waals surface area contributed by atoms with Crippen molar-refractivity contribution in [3.63, 3.8) is 0 Å². The lowest BCUT2D eigenvalue weighted by molar-refractivity contribution is -0.183. The van der Waals surface area contributed by atoms with Gasteiger partial charge in [0.1, 0.15) is 0 Å². The molecular formula is C16H15N2O5-. The van der Waals surface area contributed by atoms with E-state index in [0.29, 0.717) is 37.6 Å². The fourth-order valence-corrected chi connectivity index (χ4v) is 3.23. The van der Waals surface area contributed by atoms with E-state index in [0.717, 1.165) is 0 Å². The molecule has 1 aromatic rings. The molecule has 1 atom stereocenters. The Labute approximate surface area is 132 Å². The van der Waals surface area contributed by atoms with Crippen LogP contribution in [0.4, 0.5) is 0 Å². The van der Waals surface area contributed by atoms with Crippen LogP contribution in [0.3, 0.4) is 0 Å². The second kappa shape index (κ2) is 5.14. The molecule has 0 aliphatic carbocycles. The maximum atomic E-state index is 12.4. The Bertz CT molecular complexity index is 662. The number of fused-ring (bicyclic) bond motifs is 1. The van der Waals surface area contributed by atoms with Crippen LogP contribution in [0.2, 0.25) is 0 Å². The molecule has 2 amide bonds. The minimum atomic E-state index is -0.598. The lowest BCUT2D eigenvalue weighted by Gasteiger charge is -2.56. The van der Waals surface area contributed by atoms with E-state index in [-0.39, 0.29) is 22.6 Å². The minimum Gasteiger partial charge on any atom is -0.658 e. The summed E-state index contributed by atoms with van der Waals surface area (Å²) in [4.78, 5) is 41.9. The Hall–Kier alpha value is -2.25. The van der Waals surface area contributed by atoms with Crippen molar-refractivity contribution < 1.29 is 24.0 Å². The molecule has 23 heavy (non-hydrogen) atoms. The van der Waals surface area contributed by atoms with E-state index in [1.165, 1.54) is 0 Å². The fraction of sp³-hybridized carbons (Fsp3) is 0.438. The van der Waals surface area contributed by atoms with Gasteiger partial charge in [-0.1, -0.05) is 17.2 Å². The Morgan fingerprint density at radius 3 is 2.43 bits per heavy atom. The van der Waals surface area contributed by atoms with Crippen molar-refractivity contribution >= 4 is 17.8 Å². The van der Waals surface area contributed by atoms with Crippen LogP contribution < -0.4 is 0 Å². The Kier molecular flexibility index (Phi) is 3.21. The zero-order chi connectivity index (χ0) is 16.0. The van der Waals surface area contributed by atoms with Crippen molar-refractivity contribution in [2.24, 2.45) is 5.92 Å². The van der Waals surface area contributed by atoms with Crippen LogP contribution in [0, 0.1) is 5.92 Å². The van der Waals surface area contributed by atoms with Gasteiger partial charge in [0.2, 0.25) is 0 Å². The minimum absolute atomic E-state index is 0.256. The molecular weight excluding hydrogens is 300 g/mol. The third-order valence-corrected chi connectivity index (χ3v) is 4.56. The highest BCUT2D eigenvalue weighted by Crippen LogP contribution is 2.38. The second-order valence-electron chi connectivity index (χ2n) is 6.12. The van der Waals surface area contributed by atoms with Gasteiger partial charge in [0.25, 0.3) is 11.8 Å². The van der Waals surface area contributed by atoms with Crippen molar-refractivity contribution in [2.45, 2.75) is 18.4 Å². The zero-order valence-electron chi connectivity index (χ0n) is 12.4. The van der Waals surface area contributed by atoms with Crippen molar-refractivity contribution in [3.05, 3.63) is 40.7 Å². The number of hydrogen-bond donors (Lipinski definition) is 0. The first kappa shape index (κ1) is 14.3. The average molecular weight is 315 g/mol. The first-order valence-electron chi connectivity index (χ1n) is 7.56. The third kappa shape index (κ3) is 2.24. The van der Waals surface area contributed by atoms with Gasteiger partial charge in [-0.2, -0.15) is 0 Å². The van der Waals surface area contributed by atoms with Crippen LogP contribution >= 0.6 is 0 Å². The SMILES string of the molecule is O=C(ON1C(=O)c2ccccc2C1=O)C1CCOC2(C[N-]C2)C1. The number of nitrogens with zero attached hydrogens (tertiary/aromatic N) is 2. The highest BCUT2D eigenvalue weighted by molar-refractivity contribution is 6.20. The quantitative estimate of drug-likeness (QED) is 0.768. The number of amides is 2. The van der Waals surface area contributed by atoms with Crippen LogP contribution in [-0.4, -0.2) is 48.1 Å². The maximum absolute atomic E-state index is 12.4. The maximum Gasteiger partial charge on any atom is 0.336 e. The molecule has 0 N–H and O–H groups in total. The third-order valence-electron chi connectivity index (χ3n) is 4.56. The summed E-state index contributed by atoms with van der Waals surface area (Å²) < 4.78 is 5.70. The zero-order valence-corrected chi connectivity index (χ0v) is 12.4. The first-order chi connectivity index (χ1) is 11.1. The predicted molar refractivity (Wildman–Crippen MR) is 77.5 cm³/mol. The van der Waals surface area contributed by atoms with Crippen LogP contribution in [0.25, 0.3) is 5.32 Å². The first-order valence-corrected chi connectivity index (χ1v) is 7.56. The molecule has 7 heteroatoms. The molecule has 1 aromatic carbocycles. The Balaban J connectivity index is 1.47. The van der Waals surface area contributed by atoms with E-state index in [9.17, 15) is 14.4 Å². The average Bonchev–Trinajstić information content (AvgIpc) is 2.79. The molecule has 0 aromatic heterocycles. The number of rotatable bonds is 2. The van der Waals surface area contributed by atoms with Gasteiger partial charge in [0.15, 0.2) is 0 Å². The summed E-state index contributed by atoms with van der Waals surface area (Å²) >= 11 is 0. The molecule has 1 spiro atoms. The number of hydroxylamine groups is 2. The molecule has 0 bridgehead atoms. The van der Waals surface area contributed by atoms with E-state index < -0.39 is 17.8 Å². The summed E-state index contributed by atoms with van der Waals surface area (Å²) in [5.74, 6) is -2.14. The molecule has 2 fully saturated rings. The summed E-state index contributed by atoms with van der Waals surface area (Å²) in [7, 11) is 0. The van der Waals surface area contributed by atoms with Gasteiger partial charge >= 0.3 is 5.97 Å². The van der Waals surface area contributed by atoms with Gasteiger partial charge in [-0.15, -0.1) is 13.1 Å². The molecule has 3 aliphatic heterocycles. The van der Waals surface area contributed by atoms with Gasteiger partial charge in [0, 0.05) is 12.2 Å². The van der Waals surface area contributed by atoms with Crippen molar-refractivity contribution in [1.29, 1.82) is 0 Å². The van der Waals surface area contributed by atoms with Crippen LogP contribution in [0.15, 0.2) is 24.3 Å². The second-order valence-corrected chi connectivity index (χ2v) is 6.12. The summed E-state index contributed by atoms with van der Waals surface area (Å²) in [5, 5.41) is 4.72. The molecule has 120 valence electrons. The normalized spacial score (nSPS) is 25.2. The molecule has 7 nitrogen and oxygen atoms in total. The molecule has 1 unspecified atom stereocenters. The standard InChI is InChI=1S/C16H15N2O5/c19-13-11-3-1-2-4-12(11)14(20)18(13)23-15(21)10-5-6-22-16(7-10)8-17-9-16/h1-4,10H,5-9H2/q-1. The number of ether oxygens (including phenoxy) is 1. The molecule has 2 saturated heterocycles. The monoisotopic (exact) mass is 315 g/mol. The fourth-order valence-electron chi connectivity index (χ4n) is 3.23. The van der Waals surface area contributed by atoms with Crippen LogP contribution in [0.5, 0.6) is 0 Å². The Morgan fingerprint density at radius 2 is 1.87 bits per heavy atom. The number of benzene rings is 1. The molecule has 4 rings (SSSR count). The molecule has 0 radical (unpaired) electrons. The lowest BCUT2D eigenvalue weighted by Crippen LogP contribution is -2.54. The number of imide groups is 1. The molecule has 3 aliphatic rings. The summed E-state index contributed by atoms with van der Waals surface area (Å²) in [6, 6.07) is 6.42. The topological polar surface area (TPSA) is 87.0 Å². The van der Waals surface area contributed by atoms with Crippen LogP contribution in [0.1, 0.15) is 33.6 Å². The van der Waals surface area contributed by atoms with Crippen molar-refractivity contribution in [3.8, 4) is 0 Å². The van der Waals surface area contributed by atoms with Crippen molar-refractivity contribution in [2.75, 3.05) is 19.7 Å². The van der Waals surface area contributed by atoms with Gasteiger partial charge in [0.05, 0.1) is 17.0 Å². The number of carbonyl (C=O) groups is 3. The largest absolute Gasteiger partial charge is 0.658 e. The number of hydrogen-bond acceptors (Lipinski definition) is 5. The van der Waals surface area contributed by atoms with Crippen LogP contribution in [-0.2, 0) is 14.4 Å². The summed E-state index contributed by atoms with van der Waals surface area (Å²) in [5.41, 5.74) is 0.155. The lowest BCUT2D eigenvalue weighted by atomic mass is 9.82. The van der Waals surface area contributed by atoms with E-state index in [4.69, 9.17) is 9.57 Å². The Morgan fingerprint density at radius 1 is 1.22 bits per heavy atom. The molecule has 3 heterocycles.